The zero-order valence-corrected chi connectivity index (χ0v) is 16.1. The summed E-state index contributed by atoms with van der Waals surface area (Å²) in [7, 11) is 1.92. The van der Waals surface area contributed by atoms with Crippen molar-refractivity contribution in [3.05, 3.63) is 35.9 Å². The molecule has 1 fully saturated rings. The highest BCUT2D eigenvalue weighted by atomic mass is 35.5. The lowest BCUT2D eigenvalue weighted by Crippen LogP contribution is -2.38. The number of piperidine rings is 1. The Kier molecular flexibility index (Phi) is 13.0. The Morgan fingerprint density at radius 3 is 2.46 bits per heavy atom. The van der Waals surface area contributed by atoms with Crippen molar-refractivity contribution in [3.8, 4) is 0 Å². The van der Waals surface area contributed by atoms with Gasteiger partial charge in [0.15, 0.2) is 0 Å². The first-order valence-corrected chi connectivity index (χ1v) is 8.45. The highest BCUT2D eigenvalue weighted by Gasteiger charge is 2.19. The molecule has 0 saturated carbocycles. The molecule has 0 radical (unpaired) electrons. The van der Waals surface area contributed by atoms with E-state index in [-0.39, 0.29) is 30.7 Å². The monoisotopic (exact) mass is 375 g/mol. The molecular formula is C18H31Cl2N3O. The van der Waals surface area contributed by atoms with Gasteiger partial charge in [0, 0.05) is 19.5 Å². The Morgan fingerprint density at radius 2 is 1.83 bits per heavy atom. The molecule has 1 aliphatic heterocycles. The van der Waals surface area contributed by atoms with E-state index < -0.39 is 0 Å². The van der Waals surface area contributed by atoms with Gasteiger partial charge in [-0.25, -0.2) is 0 Å². The van der Waals surface area contributed by atoms with Gasteiger partial charge in [0.1, 0.15) is 0 Å². The van der Waals surface area contributed by atoms with Gasteiger partial charge in [-0.15, -0.1) is 24.8 Å². The third-order valence-corrected chi connectivity index (χ3v) is 4.37. The smallest absolute Gasteiger partial charge is 0.220 e. The van der Waals surface area contributed by atoms with Crippen molar-refractivity contribution in [2.45, 2.75) is 32.2 Å². The summed E-state index contributed by atoms with van der Waals surface area (Å²) in [6, 6.07) is 10.7. The lowest BCUT2D eigenvalue weighted by atomic mass is 9.96. The van der Waals surface area contributed by atoms with E-state index in [1.807, 2.05) is 7.05 Å². The molecule has 1 amide bonds. The highest BCUT2D eigenvalue weighted by molar-refractivity contribution is 5.85. The minimum absolute atomic E-state index is 0. The van der Waals surface area contributed by atoms with Crippen LogP contribution in [0.15, 0.2) is 30.3 Å². The van der Waals surface area contributed by atoms with Gasteiger partial charge in [0.25, 0.3) is 0 Å². The Labute approximate surface area is 158 Å². The van der Waals surface area contributed by atoms with Crippen molar-refractivity contribution in [3.63, 3.8) is 0 Å². The van der Waals surface area contributed by atoms with Gasteiger partial charge >= 0.3 is 0 Å². The van der Waals surface area contributed by atoms with Gasteiger partial charge in [-0.1, -0.05) is 30.3 Å². The largest absolute Gasteiger partial charge is 0.356 e. The molecule has 24 heavy (non-hydrogen) atoms. The number of hydrogen-bond acceptors (Lipinski definition) is 3. The van der Waals surface area contributed by atoms with Crippen LogP contribution < -0.4 is 10.6 Å². The van der Waals surface area contributed by atoms with Crippen LogP contribution in [0.3, 0.4) is 0 Å². The van der Waals surface area contributed by atoms with Gasteiger partial charge in [-0.2, -0.15) is 0 Å². The molecule has 2 N–H and O–H groups in total. The highest BCUT2D eigenvalue weighted by Crippen LogP contribution is 2.18. The number of carbonyl (C=O) groups excluding carboxylic acids is 1. The summed E-state index contributed by atoms with van der Waals surface area (Å²) in [5, 5.41) is 6.16. The summed E-state index contributed by atoms with van der Waals surface area (Å²) in [6.45, 7) is 5.07. The summed E-state index contributed by atoms with van der Waals surface area (Å²) in [4.78, 5) is 14.2. The fraction of sp³-hybridized carbons (Fsp3) is 0.611. The predicted molar refractivity (Wildman–Crippen MR) is 105 cm³/mol. The number of nitrogens with one attached hydrogen (secondary N) is 2. The number of amides is 1. The quantitative estimate of drug-likeness (QED) is 0.686. The molecule has 0 bridgehead atoms. The second-order valence-electron chi connectivity index (χ2n) is 6.22. The predicted octanol–water partition coefficient (Wildman–Crippen LogP) is 2.86. The Morgan fingerprint density at radius 1 is 1.17 bits per heavy atom. The van der Waals surface area contributed by atoms with Crippen LogP contribution in [-0.4, -0.2) is 44.0 Å². The molecule has 2 rings (SSSR count). The normalized spacial score (nSPS) is 15.2. The first-order chi connectivity index (χ1) is 10.8. The SMILES string of the molecule is CNCCCC(=O)NCC1CCN(Cc2ccccc2)CC1.Cl.Cl. The number of halogens is 2. The van der Waals surface area contributed by atoms with Crippen LogP contribution in [0.4, 0.5) is 0 Å². The van der Waals surface area contributed by atoms with Crippen LogP contribution in [0, 0.1) is 5.92 Å². The Hall–Kier alpha value is -0.810. The summed E-state index contributed by atoms with van der Waals surface area (Å²) >= 11 is 0. The number of hydrogen-bond donors (Lipinski definition) is 2. The summed E-state index contributed by atoms with van der Waals surface area (Å²) in [6.07, 6.45) is 3.92. The lowest BCUT2D eigenvalue weighted by Gasteiger charge is -2.32. The fourth-order valence-electron chi connectivity index (χ4n) is 2.96. The van der Waals surface area contributed by atoms with Crippen molar-refractivity contribution in [1.29, 1.82) is 0 Å². The minimum Gasteiger partial charge on any atom is -0.356 e. The Balaban J connectivity index is 0.00000264. The van der Waals surface area contributed by atoms with Gasteiger partial charge in [0.2, 0.25) is 5.91 Å². The Bertz CT molecular complexity index is 437. The van der Waals surface area contributed by atoms with Crippen molar-refractivity contribution in [2.24, 2.45) is 5.92 Å². The van der Waals surface area contributed by atoms with Crippen molar-refractivity contribution in [1.82, 2.24) is 15.5 Å². The topological polar surface area (TPSA) is 44.4 Å². The van der Waals surface area contributed by atoms with Crippen LogP contribution in [-0.2, 0) is 11.3 Å². The molecule has 0 aromatic heterocycles. The maximum Gasteiger partial charge on any atom is 0.220 e. The third kappa shape index (κ3) is 8.88. The average Bonchev–Trinajstić information content (AvgIpc) is 2.55. The summed E-state index contributed by atoms with van der Waals surface area (Å²) in [5.74, 6) is 0.835. The zero-order chi connectivity index (χ0) is 15.6. The number of carbonyl (C=O) groups is 1. The molecule has 1 heterocycles. The molecular weight excluding hydrogens is 345 g/mol. The lowest BCUT2D eigenvalue weighted by molar-refractivity contribution is -0.121. The first kappa shape index (κ1) is 23.2. The standard InChI is InChI=1S/C18H29N3O.2ClH/c1-19-11-5-8-18(22)20-14-16-9-12-21(13-10-16)15-17-6-3-2-4-7-17;;/h2-4,6-7,16,19H,5,8-15H2,1H3,(H,20,22);2*1H. The van der Waals surface area contributed by atoms with Gasteiger partial charge < -0.3 is 10.6 Å². The van der Waals surface area contributed by atoms with Gasteiger partial charge in [-0.3, -0.25) is 9.69 Å². The number of rotatable bonds is 8. The van der Waals surface area contributed by atoms with E-state index in [1.54, 1.807) is 0 Å². The molecule has 4 nitrogen and oxygen atoms in total. The molecule has 1 aromatic rings. The van der Waals surface area contributed by atoms with Crippen molar-refractivity contribution >= 4 is 30.7 Å². The fourth-order valence-corrected chi connectivity index (χ4v) is 2.96. The van der Waals surface area contributed by atoms with E-state index in [4.69, 9.17) is 0 Å². The first-order valence-electron chi connectivity index (χ1n) is 8.45. The molecule has 0 aliphatic carbocycles. The molecule has 138 valence electrons. The second-order valence-corrected chi connectivity index (χ2v) is 6.22. The summed E-state index contributed by atoms with van der Waals surface area (Å²) in [5.41, 5.74) is 1.39. The van der Waals surface area contributed by atoms with Gasteiger partial charge in [-0.05, 0) is 57.4 Å². The number of nitrogens with zero attached hydrogens (tertiary/aromatic N) is 1. The van der Waals surface area contributed by atoms with E-state index in [2.05, 4.69) is 45.9 Å². The van der Waals surface area contributed by atoms with E-state index in [1.165, 1.54) is 18.4 Å². The zero-order valence-electron chi connectivity index (χ0n) is 14.5. The molecule has 1 saturated heterocycles. The molecule has 1 aliphatic rings. The van der Waals surface area contributed by atoms with Crippen molar-refractivity contribution < 1.29 is 4.79 Å². The van der Waals surface area contributed by atoms with E-state index >= 15 is 0 Å². The maximum atomic E-state index is 11.7. The third-order valence-electron chi connectivity index (χ3n) is 4.37. The molecule has 0 unspecified atom stereocenters. The molecule has 1 aromatic carbocycles. The number of likely N-dealkylation sites (tertiary alicyclic amines) is 1. The molecule has 0 spiro atoms. The molecule has 6 heteroatoms. The van der Waals surface area contributed by atoms with E-state index in [9.17, 15) is 4.79 Å². The van der Waals surface area contributed by atoms with Crippen molar-refractivity contribution in [2.75, 3.05) is 33.2 Å². The molecule has 0 atom stereocenters. The van der Waals surface area contributed by atoms with E-state index in [0.29, 0.717) is 12.3 Å². The second kappa shape index (κ2) is 13.5. The maximum absolute atomic E-state index is 11.7. The van der Waals surface area contributed by atoms with Crippen LogP contribution in [0.1, 0.15) is 31.2 Å². The van der Waals surface area contributed by atoms with Crippen LogP contribution in [0.25, 0.3) is 0 Å². The van der Waals surface area contributed by atoms with Crippen LogP contribution in [0.2, 0.25) is 0 Å². The van der Waals surface area contributed by atoms with Crippen LogP contribution in [0.5, 0.6) is 0 Å². The van der Waals surface area contributed by atoms with Crippen LogP contribution >= 0.6 is 24.8 Å². The van der Waals surface area contributed by atoms with Gasteiger partial charge in [0.05, 0.1) is 0 Å². The summed E-state index contributed by atoms with van der Waals surface area (Å²) < 4.78 is 0. The van der Waals surface area contributed by atoms with E-state index in [0.717, 1.165) is 39.1 Å². The average molecular weight is 376 g/mol. The number of benzene rings is 1. The minimum atomic E-state index is 0.